The molecule has 0 bridgehead atoms. The number of carbonyl (C=O) groups excluding carboxylic acids is 2. The summed E-state index contributed by atoms with van der Waals surface area (Å²) in [6.45, 7) is 4.26. The van der Waals surface area contributed by atoms with Crippen molar-refractivity contribution in [2.75, 3.05) is 33.4 Å². The number of hydrogen-bond acceptors (Lipinski definition) is 4. The first kappa shape index (κ1) is 17.7. The van der Waals surface area contributed by atoms with Gasteiger partial charge in [0.25, 0.3) is 5.91 Å². The molecule has 2 saturated heterocycles. The van der Waals surface area contributed by atoms with E-state index in [4.69, 9.17) is 9.47 Å². The molecule has 0 unspecified atom stereocenters. The smallest absolute Gasteiger partial charge is 0.255 e. The first-order valence-corrected chi connectivity index (χ1v) is 8.86. The summed E-state index contributed by atoms with van der Waals surface area (Å²) < 4.78 is 10.9. The van der Waals surface area contributed by atoms with Crippen molar-refractivity contribution in [3.05, 3.63) is 29.8 Å². The monoisotopic (exact) mass is 346 g/mol. The van der Waals surface area contributed by atoms with Gasteiger partial charge in [-0.05, 0) is 43.9 Å². The molecule has 1 atom stereocenters. The molecule has 2 amide bonds. The molecule has 0 saturated carbocycles. The number of benzene rings is 1. The van der Waals surface area contributed by atoms with Crippen LogP contribution in [0.25, 0.3) is 0 Å². The Kier molecular flexibility index (Phi) is 5.27. The van der Waals surface area contributed by atoms with Crippen molar-refractivity contribution in [2.24, 2.45) is 0 Å². The average molecular weight is 346 g/mol. The molecule has 0 radical (unpaired) electrons. The van der Waals surface area contributed by atoms with Gasteiger partial charge in [-0.1, -0.05) is 12.1 Å². The van der Waals surface area contributed by atoms with E-state index in [1.165, 1.54) is 0 Å². The molecule has 3 rings (SSSR count). The fourth-order valence-corrected chi connectivity index (χ4v) is 3.44. The van der Waals surface area contributed by atoms with Crippen LogP contribution in [0.3, 0.4) is 0 Å². The van der Waals surface area contributed by atoms with Gasteiger partial charge < -0.3 is 19.3 Å². The Balaban J connectivity index is 1.58. The van der Waals surface area contributed by atoms with E-state index in [1.54, 1.807) is 16.9 Å². The lowest BCUT2D eigenvalue weighted by molar-refractivity contribution is -0.166. The van der Waals surface area contributed by atoms with Gasteiger partial charge in [0.15, 0.2) is 0 Å². The minimum atomic E-state index is -0.767. The Labute approximate surface area is 148 Å². The summed E-state index contributed by atoms with van der Waals surface area (Å²) in [6.07, 6.45) is 2.72. The van der Waals surface area contributed by atoms with Crippen LogP contribution < -0.4 is 4.74 Å². The highest BCUT2D eigenvalue weighted by atomic mass is 16.5. The Hall–Kier alpha value is -2.08. The number of piperazine rings is 1. The molecule has 6 nitrogen and oxygen atoms in total. The van der Waals surface area contributed by atoms with Crippen molar-refractivity contribution in [2.45, 2.75) is 38.3 Å². The highest BCUT2D eigenvalue weighted by molar-refractivity contribution is 5.90. The van der Waals surface area contributed by atoms with E-state index in [-0.39, 0.29) is 18.4 Å². The van der Waals surface area contributed by atoms with Crippen molar-refractivity contribution in [1.29, 1.82) is 0 Å². The van der Waals surface area contributed by atoms with Gasteiger partial charge in [0, 0.05) is 26.2 Å². The van der Waals surface area contributed by atoms with Crippen LogP contribution in [0.2, 0.25) is 0 Å². The Morgan fingerprint density at radius 3 is 2.60 bits per heavy atom. The SMILES string of the molecule is COc1ccc(CN2CCN(C(=O)[C@@]3(C)CCCCO3)CC2=O)cc1. The van der Waals surface area contributed by atoms with Gasteiger partial charge >= 0.3 is 0 Å². The first-order valence-electron chi connectivity index (χ1n) is 8.86. The first-order chi connectivity index (χ1) is 12.0. The van der Waals surface area contributed by atoms with Gasteiger partial charge in [-0.2, -0.15) is 0 Å². The second-order valence-corrected chi connectivity index (χ2v) is 6.93. The minimum absolute atomic E-state index is 0.0187. The van der Waals surface area contributed by atoms with Crippen molar-refractivity contribution in [3.63, 3.8) is 0 Å². The van der Waals surface area contributed by atoms with Gasteiger partial charge in [0.2, 0.25) is 5.91 Å². The maximum atomic E-state index is 12.8. The highest BCUT2D eigenvalue weighted by Gasteiger charge is 2.41. The number of hydrogen-bond donors (Lipinski definition) is 0. The van der Waals surface area contributed by atoms with Gasteiger partial charge in [0.05, 0.1) is 13.7 Å². The minimum Gasteiger partial charge on any atom is -0.497 e. The molecule has 2 heterocycles. The molecule has 6 heteroatoms. The summed E-state index contributed by atoms with van der Waals surface area (Å²) in [5.74, 6) is 0.727. The van der Waals surface area contributed by atoms with Gasteiger partial charge in [-0.25, -0.2) is 0 Å². The standard InChI is InChI=1S/C19H26N2O4/c1-19(9-3-4-12-25-19)18(23)21-11-10-20(17(22)14-21)13-15-5-7-16(24-2)8-6-15/h5-8H,3-4,9-14H2,1-2H3/t19-/m1/s1. The normalized spacial score (nSPS) is 24.3. The van der Waals surface area contributed by atoms with Crippen LogP contribution in [0, 0.1) is 0 Å². The predicted molar refractivity (Wildman–Crippen MR) is 93.2 cm³/mol. The largest absolute Gasteiger partial charge is 0.497 e. The van der Waals surface area contributed by atoms with Crippen molar-refractivity contribution in [3.8, 4) is 5.75 Å². The molecule has 1 aromatic rings. The molecule has 136 valence electrons. The molecule has 25 heavy (non-hydrogen) atoms. The summed E-state index contributed by atoms with van der Waals surface area (Å²) in [5.41, 5.74) is 0.285. The Morgan fingerprint density at radius 2 is 2.00 bits per heavy atom. The second-order valence-electron chi connectivity index (χ2n) is 6.93. The average Bonchev–Trinajstić information content (AvgIpc) is 2.64. The molecule has 0 N–H and O–H groups in total. The summed E-state index contributed by atoms with van der Waals surface area (Å²) >= 11 is 0. The maximum Gasteiger partial charge on any atom is 0.255 e. The number of ether oxygens (including phenoxy) is 2. The quantitative estimate of drug-likeness (QED) is 0.834. The lowest BCUT2D eigenvalue weighted by Crippen LogP contribution is -2.58. The topological polar surface area (TPSA) is 59.1 Å². The Morgan fingerprint density at radius 1 is 1.24 bits per heavy atom. The number of methoxy groups -OCH3 is 1. The fraction of sp³-hybridized carbons (Fsp3) is 0.579. The zero-order chi connectivity index (χ0) is 17.9. The molecule has 0 aromatic heterocycles. The van der Waals surface area contributed by atoms with Crippen LogP contribution >= 0.6 is 0 Å². The van der Waals surface area contributed by atoms with E-state index >= 15 is 0 Å². The van der Waals surface area contributed by atoms with Crippen LogP contribution in [0.5, 0.6) is 5.75 Å². The van der Waals surface area contributed by atoms with Crippen molar-refractivity contribution < 1.29 is 19.1 Å². The number of amides is 2. The van der Waals surface area contributed by atoms with Gasteiger partial charge in [0.1, 0.15) is 11.4 Å². The van der Waals surface area contributed by atoms with Crippen LogP contribution in [0.1, 0.15) is 31.7 Å². The maximum absolute atomic E-state index is 12.8. The number of nitrogens with zero attached hydrogens (tertiary/aromatic N) is 2. The van der Waals surface area contributed by atoms with Crippen LogP contribution in [-0.2, 0) is 20.9 Å². The summed E-state index contributed by atoms with van der Waals surface area (Å²) in [6, 6.07) is 7.70. The second kappa shape index (κ2) is 7.44. The lowest BCUT2D eigenvalue weighted by atomic mass is 9.94. The predicted octanol–water partition coefficient (Wildman–Crippen LogP) is 1.83. The highest BCUT2D eigenvalue weighted by Crippen LogP contribution is 2.27. The summed E-state index contributed by atoms with van der Waals surface area (Å²) in [4.78, 5) is 28.7. The van der Waals surface area contributed by atoms with Gasteiger partial charge in [-0.15, -0.1) is 0 Å². The molecule has 0 spiro atoms. The van der Waals surface area contributed by atoms with E-state index in [9.17, 15) is 9.59 Å². The molecule has 2 fully saturated rings. The van der Waals surface area contributed by atoms with Crippen LogP contribution in [0.4, 0.5) is 0 Å². The number of rotatable bonds is 4. The molecular formula is C19H26N2O4. The fourth-order valence-electron chi connectivity index (χ4n) is 3.44. The van der Waals surface area contributed by atoms with Crippen molar-refractivity contribution >= 4 is 11.8 Å². The third kappa shape index (κ3) is 3.95. The third-order valence-corrected chi connectivity index (χ3v) is 5.06. The van der Waals surface area contributed by atoms with Crippen molar-refractivity contribution in [1.82, 2.24) is 9.80 Å². The third-order valence-electron chi connectivity index (χ3n) is 5.06. The number of carbonyl (C=O) groups is 2. The molecule has 2 aliphatic rings. The molecule has 2 aliphatic heterocycles. The summed E-state index contributed by atoms with van der Waals surface area (Å²) in [5, 5.41) is 0. The van der Waals surface area contributed by atoms with Gasteiger partial charge in [-0.3, -0.25) is 9.59 Å². The van der Waals surface area contributed by atoms with E-state index in [1.807, 2.05) is 31.2 Å². The molecule has 0 aliphatic carbocycles. The van der Waals surface area contributed by atoms with E-state index < -0.39 is 5.60 Å². The Bertz CT molecular complexity index is 623. The van der Waals surface area contributed by atoms with E-state index in [0.29, 0.717) is 26.2 Å². The van der Waals surface area contributed by atoms with Crippen LogP contribution in [-0.4, -0.2) is 60.6 Å². The van der Waals surface area contributed by atoms with E-state index in [2.05, 4.69) is 0 Å². The molecule has 1 aromatic carbocycles. The zero-order valence-electron chi connectivity index (χ0n) is 15.0. The summed E-state index contributed by atoms with van der Waals surface area (Å²) in [7, 11) is 1.63. The molecular weight excluding hydrogens is 320 g/mol. The van der Waals surface area contributed by atoms with Crippen LogP contribution in [0.15, 0.2) is 24.3 Å². The van der Waals surface area contributed by atoms with E-state index in [0.717, 1.165) is 30.6 Å². The lowest BCUT2D eigenvalue weighted by Gasteiger charge is -2.40. The zero-order valence-corrected chi connectivity index (χ0v) is 15.0.